The number of rotatable bonds is 7. The van der Waals surface area contributed by atoms with Crippen molar-refractivity contribution in [3.8, 4) is 0 Å². The SMILES string of the molecule is CN1CCC(CN(C)CCNCC2CC2)CC1. The van der Waals surface area contributed by atoms with Crippen LogP contribution in [-0.2, 0) is 0 Å². The Morgan fingerprint density at radius 1 is 1.12 bits per heavy atom. The molecule has 0 atom stereocenters. The van der Waals surface area contributed by atoms with Crippen molar-refractivity contribution < 1.29 is 0 Å². The highest BCUT2D eigenvalue weighted by Crippen LogP contribution is 2.27. The Hall–Kier alpha value is -0.120. The standard InChI is InChI=1S/C14H29N3/c1-16-8-5-14(6-9-16)12-17(2)10-7-15-11-13-3-4-13/h13-15H,3-12H2,1-2H3. The third-order valence-corrected chi connectivity index (χ3v) is 4.21. The summed E-state index contributed by atoms with van der Waals surface area (Å²) in [4.78, 5) is 4.96. The monoisotopic (exact) mass is 239 g/mol. The summed E-state index contributed by atoms with van der Waals surface area (Å²) in [6.07, 6.45) is 5.68. The maximum atomic E-state index is 3.57. The fourth-order valence-electron chi connectivity index (χ4n) is 2.67. The second kappa shape index (κ2) is 6.72. The zero-order valence-electron chi connectivity index (χ0n) is 11.6. The van der Waals surface area contributed by atoms with Crippen molar-refractivity contribution in [3.05, 3.63) is 0 Å². The van der Waals surface area contributed by atoms with Gasteiger partial charge in [-0.3, -0.25) is 0 Å². The average molecular weight is 239 g/mol. The first-order valence-corrected chi connectivity index (χ1v) is 7.32. The highest BCUT2D eigenvalue weighted by molar-refractivity contribution is 4.76. The van der Waals surface area contributed by atoms with Gasteiger partial charge < -0.3 is 15.1 Å². The van der Waals surface area contributed by atoms with E-state index >= 15 is 0 Å². The zero-order chi connectivity index (χ0) is 12.1. The average Bonchev–Trinajstić information content (AvgIpc) is 3.12. The molecule has 0 radical (unpaired) electrons. The number of likely N-dealkylation sites (N-methyl/N-ethyl adjacent to an activating group) is 1. The molecule has 2 rings (SSSR count). The molecule has 1 aliphatic heterocycles. The smallest absolute Gasteiger partial charge is 0.0104 e. The van der Waals surface area contributed by atoms with Crippen LogP contribution in [0.3, 0.4) is 0 Å². The molecule has 3 heteroatoms. The Morgan fingerprint density at radius 3 is 2.47 bits per heavy atom. The van der Waals surface area contributed by atoms with Crippen LogP contribution in [0.25, 0.3) is 0 Å². The van der Waals surface area contributed by atoms with Crippen molar-refractivity contribution in [1.82, 2.24) is 15.1 Å². The van der Waals surface area contributed by atoms with Gasteiger partial charge in [-0.1, -0.05) is 0 Å². The molecule has 0 unspecified atom stereocenters. The highest BCUT2D eigenvalue weighted by atomic mass is 15.1. The summed E-state index contributed by atoms with van der Waals surface area (Å²) in [7, 11) is 4.51. The molecule has 0 aromatic rings. The van der Waals surface area contributed by atoms with E-state index in [1.165, 1.54) is 65.0 Å². The molecule has 17 heavy (non-hydrogen) atoms. The first-order chi connectivity index (χ1) is 8.24. The minimum absolute atomic E-state index is 0.930. The lowest BCUT2D eigenvalue weighted by atomic mass is 9.97. The van der Waals surface area contributed by atoms with Crippen molar-refractivity contribution in [2.45, 2.75) is 25.7 Å². The normalized spacial score (nSPS) is 23.5. The first kappa shape index (κ1) is 13.3. The van der Waals surface area contributed by atoms with Crippen molar-refractivity contribution in [2.75, 3.05) is 53.4 Å². The summed E-state index contributed by atoms with van der Waals surface area (Å²) in [5.41, 5.74) is 0. The Bertz CT molecular complexity index is 208. The van der Waals surface area contributed by atoms with E-state index in [9.17, 15) is 0 Å². The van der Waals surface area contributed by atoms with Crippen molar-refractivity contribution >= 4 is 0 Å². The van der Waals surface area contributed by atoms with E-state index < -0.39 is 0 Å². The number of nitrogens with one attached hydrogen (secondary N) is 1. The Labute approximate surface area is 107 Å². The summed E-state index contributed by atoms with van der Waals surface area (Å²) in [6.45, 7) is 7.50. The van der Waals surface area contributed by atoms with Crippen LogP contribution in [0.1, 0.15) is 25.7 Å². The minimum Gasteiger partial charge on any atom is -0.315 e. The summed E-state index contributed by atoms with van der Waals surface area (Å²) in [5.74, 6) is 1.94. The van der Waals surface area contributed by atoms with Gasteiger partial charge >= 0.3 is 0 Å². The molecule has 1 N–H and O–H groups in total. The molecule has 100 valence electrons. The van der Waals surface area contributed by atoms with E-state index in [1.54, 1.807) is 0 Å². The lowest BCUT2D eigenvalue weighted by molar-refractivity contribution is 0.176. The third-order valence-electron chi connectivity index (χ3n) is 4.21. The van der Waals surface area contributed by atoms with Gasteiger partial charge in [0.2, 0.25) is 0 Å². The predicted molar refractivity (Wildman–Crippen MR) is 73.3 cm³/mol. The molecule has 0 amide bonds. The maximum absolute atomic E-state index is 3.57. The van der Waals surface area contributed by atoms with E-state index in [4.69, 9.17) is 0 Å². The number of hydrogen-bond acceptors (Lipinski definition) is 3. The molecule has 1 aliphatic carbocycles. The van der Waals surface area contributed by atoms with Gasteiger partial charge in [0.15, 0.2) is 0 Å². The largest absolute Gasteiger partial charge is 0.315 e. The van der Waals surface area contributed by atoms with E-state index in [1.807, 2.05) is 0 Å². The highest BCUT2D eigenvalue weighted by Gasteiger charge is 2.20. The predicted octanol–water partition coefficient (Wildman–Crippen LogP) is 1.26. The van der Waals surface area contributed by atoms with E-state index in [2.05, 4.69) is 29.2 Å². The molecule has 1 saturated carbocycles. The van der Waals surface area contributed by atoms with Gasteiger partial charge in [-0.25, -0.2) is 0 Å². The molecule has 1 saturated heterocycles. The molecule has 0 bridgehead atoms. The summed E-state index contributed by atoms with van der Waals surface area (Å²) < 4.78 is 0. The van der Waals surface area contributed by atoms with Gasteiger partial charge in [-0.05, 0) is 71.2 Å². The van der Waals surface area contributed by atoms with Crippen molar-refractivity contribution in [3.63, 3.8) is 0 Å². The fourth-order valence-corrected chi connectivity index (χ4v) is 2.67. The van der Waals surface area contributed by atoms with Crippen LogP contribution in [0, 0.1) is 11.8 Å². The Kier molecular flexibility index (Phi) is 5.26. The van der Waals surface area contributed by atoms with Crippen LogP contribution in [0.4, 0.5) is 0 Å². The Morgan fingerprint density at radius 2 is 1.82 bits per heavy atom. The maximum Gasteiger partial charge on any atom is 0.0104 e. The van der Waals surface area contributed by atoms with Crippen LogP contribution < -0.4 is 5.32 Å². The number of likely N-dealkylation sites (tertiary alicyclic amines) is 1. The van der Waals surface area contributed by atoms with Crippen LogP contribution in [-0.4, -0.2) is 63.2 Å². The summed E-state index contributed by atoms with van der Waals surface area (Å²) in [6, 6.07) is 0. The van der Waals surface area contributed by atoms with E-state index in [0.29, 0.717) is 0 Å². The first-order valence-electron chi connectivity index (χ1n) is 7.32. The Balaban J connectivity index is 1.48. The minimum atomic E-state index is 0.930. The van der Waals surface area contributed by atoms with Gasteiger partial charge in [0.1, 0.15) is 0 Å². The van der Waals surface area contributed by atoms with E-state index in [-0.39, 0.29) is 0 Å². The lowest BCUT2D eigenvalue weighted by Crippen LogP contribution is -2.38. The molecule has 0 aromatic heterocycles. The molecule has 0 aromatic carbocycles. The van der Waals surface area contributed by atoms with Crippen LogP contribution in [0.2, 0.25) is 0 Å². The van der Waals surface area contributed by atoms with Gasteiger partial charge in [0, 0.05) is 19.6 Å². The van der Waals surface area contributed by atoms with Crippen LogP contribution >= 0.6 is 0 Å². The number of piperidine rings is 1. The van der Waals surface area contributed by atoms with Gasteiger partial charge in [-0.15, -0.1) is 0 Å². The molecule has 0 spiro atoms. The molecular weight excluding hydrogens is 210 g/mol. The van der Waals surface area contributed by atoms with Gasteiger partial charge in [0.05, 0.1) is 0 Å². The van der Waals surface area contributed by atoms with Crippen molar-refractivity contribution in [2.24, 2.45) is 11.8 Å². The topological polar surface area (TPSA) is 18.5 Å². The fraction of sp³-hybridized carbons (Fsp3) is 1.00. The second-order valence-corrected chi connectivity index (χ2v) is 6.16. The van der Waals surface area contributed by atoms with Crippen LogP contribution in [0.15, 0.2) is 0 Å². The molecule has 2 aliphatic rings. The van der Waals surface area contributed by atoms with Crippen molar-refractivity contribution in [1.29, 1.82) is 0 Å². The summed E-state index contributed by atoms with van der Waals surface area (Å²) in [5, 5.41) is 3.57. The number of nitrogens with zero attached hydrogens (tertiary/aromatic N) is 2. The molecular formula is C14H29N3. The molecule has 1 heterocycles. The van der Waals surface area contributed by atoms with Gasteiger partial charge in [-0.2, -0.15) is 0 Å². The summed E-state index contributed by atoms with van der Waals surface area (Å²) >= 11 is 0. The quantitative estimate of drug-likeness (QED) is 0.675. The molecule has 3 nitrogen and oxygen atoms in total. The van der Waals surface area contributed by atoms with Gasteiger partial charge in [0.25, 0.3) is 0 Å². The molecule has 2 fully saturated rings. The zero-order valence-corrected chi connectivity index (χ0v) is 11.6. The second-order valence-electron chi connectivity index (χ2n) is 6.16. The third kappa shape index (κ3) is 5.36. The lowest BCUT2D eigenvalue weighted by Gasteiger charge is -2.31. The van der Waals surface area contributed by atoms with Crippen LogP contribution in [0.5, 0.6) is 0 Å². The number of hydrogen-bond donors (Lipinski definition) is 1. The van der Waals surface area contributed by atoms with E-state index in [0.717, 1.165) is 11.8 Å².